The first kappa shape index (κ1) is 30.1. The average molecular weight is 586 g/mol. The number of benzene rings is 3. The minimum Gasteiger partial charge on any atom is -0.448 e. The van der Waals surface area contributed by atoms with Gasteiger partial charge in [-0.05, 0) is 64.9 Å². The second-order valence-corrected chi connectivity index (χ2v) is 10.6. The summed E-state index contributed by atoms with van der Waals surface area (Å²) in [5, 5.41) is 11.2. The lowest BCUT2D eigenvalue weighted by Crippen LogP contribution is -2.49. The molecule has 1 aliphatic heterocycles. The Morgan fingerprint density at radius 2 is 1.88 bits per heavy atom. The number of pyridine rings is 1. The van der Waals surface area contributed by atoms with Gasteiger partial charge in [0.2, 0.25) is 5.91 Å². The van der Waals surface area contributed by atoms with Crippen LogP contribution in [0.2, 0.25) is 0 Å². The maximum Gasteiger partial charge on any atom is 0.407 e. The van der Waals surface area contributed by atoms with E-state index in [-0.39, 0.29) is 37.0 Å². The Morgan fingerprint density at radius 1 is 1.07 bits per heavy atom. The molecule has 224 valence electrons. The largest absolute Gasteiger partial charge is 0.448 e. The molecule has 0 radical (unpaired) electrons. The van der Waals surface area contributed by atoms with Gasteiger partial charge >= 0.3 is 6.09 Å². The summed E-state index contributed by atoms with van der Waals surface area (Å²) in [5.41, 5.74) is 9.73. The van der Waals surface area contributed by atoms with Crippen molar-refractivity contribution in [2.75, 3.05) is 25.1 Å². The smallest absolute Gasteiger partial charge is 0.407 e. The minimum absolute atomic E-state index is 0.0334. The maximum absolute atomic E-state index is 13.0. The molecular formula is C33H36FN5O4. The number of rotatable bonds is 11. The van der Waals surface area contributed by atoms with Crippen molar-refractivity contribution in [3.8, 4) is 0 Å². The molecule has 43 heavy (non-hydrogen) atoms. The van der Waals surface area contributed by atoms with Crippen LogP contribution in [0, 0.1) is 5.82 Å². The van der Waals surface area contributed by atoms with Crippen LogP contribution in [0.15, 0.2) is 85.2 Å². The molecule has 10 heteroatoms. The lowest BCUT2D eigenvalue weighted by atomic mass is 9.98. The van der Waals surface area contributed by atoms with Gasteiger partial charge < -0.3 is 31.2 Å². The van der Waals surface area contributed by atoms with E-state index in [1.54, 1.807) is 24.5 Å². The van der Waals surface area contributed by atoms with E-state index in [4.69, 9.17) is 15.2 Å². The van der Waals surface area contributed by atoms with Gasteiger partial charge in [0.1, 0.15) is 12.4 Å². The van der Waals surface area contributed by atoms with Crippen LogP contribution in [-0.4, -0.2) is 54.9 Å². The molecule has 1 fully saturated rings. The van der Waals surface area contributed by atoms with Gasteiger partial charge in [-0.15, -0.1) is 0 Å². The average Bonchev–Trinajstić information content (AvgIpc) is 3.03. The first-order valence-corrected chi connectivity index (χ1v) is 14.4. The Labute approximate surface area is 250 Å². The van der Waals surface area contributed by atoms with Crippen LogP contribution in [0.5, 0.6) is 0 Å². The fraction of sp³-hybridized carbons (Fsp3) is 0.303. The molecule has 5 rings (SSSR count). The molecule has 2 heterocycles. The van der Waals surface area contributed by atoms with Gasteiger partial charge in [-0.3, -0.25) is 9.78 Å². The zero-order valence-corrected chi connectivity index (χ0v) is 23.8. The van der Waals surface area contributed by atoms with Crippen molar-refractivity contribution >= 4 is 28.5 Å². The van der Waals surface area contributed by atoms with Crippen LogP contribution in [0.4, 0.5) is 14.9 Å². The molecule has 1 aliphatic rings. The topological polar surface area (TPSA) is 128 Å². The molecule has 4 aromatic rings. The first-order valence-electron chi connectivity index (χ1n) is 14.4. The molecule has 0 spiro atoms. The molecular weight excluding hydrogens is 549 g/mol. The highest BCUT2D eigenvalue weighted by Gasteiger charge is 2.23. The monoisotopic (exact) mass is 585 g/mol. The number of anilines is 1. The normalized spacial score (nSPS) is 17.3. The number of hydrogen-bond acceptors (Lipinski definition) is 7. The molecule has 1 aromatic heterocycles. The summed E-state index contributed by atoms with van der Waals surface area (Å²) in [4.78, 5) is 29.2. The van der Waals surface area contributed by atoms with Crippen molar-refractivity contribution in [1.29, 1.82) is 0 Å². The third-order valence-electron chi connectivity index (χ3n) is 7.49. The van der Waals surface area contributed by atoms with Crippen molar-refractivity contribution < 1.29 is 23.5 Å². The number of carbonyl (C=O) groups is 2. The van der Waals surface area contributed by atoms with Gasteiger partial charge in [-0.2, -0.15) is 0 Å². The van der Waals surface area contributed by atoms with E-state index >= 15 is 0 Å². The Morgan fingerprint density at radius 3 is 2.70 bits per heavy atom. The van der Waals surface area contributed by atoms with Crippen LogP contribution in [0.25, 0.3) is 10.8 Å². The number of hydrogen-bond donors (Lipinski definition) is 4. The van der Waals surface area contributed by atoms with E-state index in [2.05, 4.69) is 20.9 Å². The fourth-order valence-corrected chi connectivity index (χ4v) is 5.06. The number of nitrogens with zero attached hydrogens (tertiary/aromatic N) is 1. The molecule has 5 N–H and O–H groups in total. The lowest BCUT2D eigenvalue weighted by molar-refractivity contribution is -0.117. The number of morpholine rings is 1. The summed E-state index contributed by atoms with van der Waals surface area (Å²) >= 11 is 0. The molecule has 3 atom stereocenters. The van der Waals surface area contributed by atoms with Crippen LogP contribution in [0.3, 0.4) is 0 Å². The molecule has 1 saturated heterocycles. The van der Waals surface area contributed by atoms with Crippen LogP contribution in [0.1, 0.15) is 23.1 Å². The number of ether oxygens (including phenoxy) is 2. The number of nitrogens with one attached hydrogen (secondary N) is 3. The molecule has 9 nitrogen and oxygen atoms in total. The van der Waals surface area contributed by atoms with E-state index in [1.807, 2.05) is 48.5 Å². The first-order chi connectivity index (χ1) is 20.9. The number of aryl methyl sites for hydroxylation is 1. The Bertz CT molecular complexity index is 1520. The van der Waals surface area contributed by atoms with Crippen LogP contribution < -0.4 is 21.7 Å². The van der Waals surface area contributed by atoms with Crippen LogP contribution in [-0.2, 0) is 33.7 Å². The van der Waals surface area contributed by atoms with E-state index in [9.17, 15) is 14.0 Å². The van der Waals surface area contributed by atoms with Gasteiger partial charge in [0, 0.05) is 19.3 Å². The summed E-state index contributed by atoms with van der Waals surface area (Å²) in [6.45, 7) is 1.43. The number of aromatic nitrogens is 1. The summed E-state index contributed by atoms with van der Waals surface area (Å²) in [7, 11) is 0. The highest BCUT2D eigenvalue weighted by Crippen LogP contribution is 2.21. The fourth-order valence-electron chi connectivity index (χ4n) is 5.06. The third-order valence-corrected chi connectivity index (χ3v) is 7.49. The summed E-state index contributed by atoms with van der Waals surface area (Å²) in [6, 6.07) is 21.1. The summed E-state index contributed by atoms with van der Waals surface area (Å²) in [5.74, 6) is -0.587. The van der Waals surface area contributed by atoms with Crippen molar-refractivity contribution in [3.63, 3.8) is 0 Å². The number of carbonyl (C=O) groups excluding carboxylic acids is 2. The van der Waals surface area contributed by atoms with Gasteiger partial charge in [0.05, 0.1) is 36.7 Å². The van der Waals surface area contributed by atoms with Gasteiger partial charge in [-0.1, -0.05) is 54.6 Å². The molecule has 0 saturated carbocycles. The SMILES string of the molecule is N[C@@H](Cc1cccc2ccccc12)C(=O)Nc1cnccc1CC[C@@H]1CN[C@H](COC(=O)NCc2ccc(F)cc2)CO1. The predicted octanol–water partition coefficient (Wildman–Crippen LogP) is 4.10. The summed E-state index contributed by atoms with van der Waals surface area (Å²) < 4.78 is 24.3. The number of halogens is 1. The second-order valence-electron chi connectivity index (χ2n) is 10.6. The zero-order chi connectivity index (χ0) is 30.0. The Kier molecular flexibility index (Phi) is 10.3. The van der Waals surface area contributed by atoms with Crippen molar-refractivity contribution in [2.45, 2.75) is 44.0 Å². The summed E-state index contributed by atoms with van der Waals surface area (Å²) in [6.07, 6.45) is 4.60. The van der Waals surface area contributed by atoms with Crippen molar-refractivity contribution in [2.24, 2.45) is 5.73 Å². The zero-order valence-electron chi connectivity index (χ0n) is 23.8. The number of amides is 2. The molecule has 2 amide bonds. The highest BCUT2D eigenvalue weighted by atomic mass is 19.1. The molecule has 0 aliphatic carbocycles. The third kappa shape index (κ3) is 8.57. The Hall–Kier alpha value is -4.38. The highest BCUT2D eigenvalue weighted by molar-refractivity contribution is 5.96. The van der Waals surface area contributed by atoms with Crippen molar-refractivity contribution in [1.82, 2.24) is 15.6 Å². The van der Waals surface area contributed by atoms with Crippen molar-refractivity contribution in [3.05, 3.63) is 108 Å². The molecule has 3 aromatic carbocycles. The van der Waals surface area contributed by atoms with Gasteiger partial charge in [-0.25, -0.2) is 9.18 Å². The van der Waals surface area contributed by atoms with Crippen LogP contribution >= 0.6 is 0 Å². The predicted molar refractivity (Wildman–Crippen MR) is 163 cm³/mol. The Balaban J connectivity index is 1.04. The maximum atomic E-state index is 13.0. The number of alkyl carbamates (subject to hydrolysis) is 1. The van der Waals surface area contributed by atoms with Gasteiger partial charge in [0.25, 0.3) is 0 Å². The standard InChI is InChI=1S/C33H36FN5O4/c34-26-11-8-22(9-12-26)17-38-33(41)43-21-27-20-42-28(18-37-27)13-10-24-14-15-36-19-31(24)39-32(40)30(35)16-25-6-3-5-23-4-1-2-7-29(23)25/h1-9,11-12,14-15,19,27-28,30,37H,10,13,16-18,20-21,35H2,(H,38,41)(H,39,40)/t27-,28+,30-/m0/s1. The van der Waals surface area contributed by atoms with E-state index in [0.717, 1.165) is 33.9 Å². The van der Waals surface area contributed by atoms with Gasteiger partial charge in [0.15, 0.2) is 0 Å². The lowest BCUT2D eigenvalue weighted by Gasteiger charge is -2.30. The van der Waals surface area contributed by atoms with E-state index < -0.39 is 12.1 Å². The van der Waals surface area contributed by atoms with E-state index in [1.165, 1.54) is 12.1 Å². The van der Waals surface area contributed by atoms with E-state index in [0.29, 0.717) is 31.7 Å². The quantitative estimate of drug-likeness (QED) is 0.209. The molecule has 0 bridgehead atoms. The minimum atomic E-state index is -0.714. The number of nitrogens with two attached hydrogens (primary N) is 1. The molecule has 0 unspecified atom stereocenters. The number of fused-ring (bicyclic) bond motifs is 1. The second kappa shape index (κ2) is 14.7.